The van der Waals surface area contributed by atoms with E-state index in [4.69, 9.17) is 0 Å². The van der Waals surface area contributed by atoms with Gasteiger partial charge >= 0.3 is 0 Å². The number of rotatable bonds is 7. The number of guanidine groups is 1. The third-order valence-electron chi connectivity index (χ3n) is 3.56. The normalized spacial score (nSPS) is 10.8. The number of amides is 1. The lowest BCUT2D eigenvalue weighted by Gasteiger charge is -2.11. The van der Waals surface area contributed by atoms with Gasteiger partial charge in [0.15, 0.2) is 5.96 Å². The molecule has 0 aliphatic heterocycles. The van der Waals surface area contributed by atoms with Crippen LogP contribution in [0.3, 0.4) is 0 Å². The zero-order valence-electron chi connectivity index (χ0n) is 15.3. The summed E-state index contributed by atoms with van der Waals surface area (Å²) >= 11 is 1.73. The third kappa shape index (κ3) is 7.69. The number of carbonyl (C=O) groups excluding carboxylic acids is 1. The third-order valence-corrected chi connectivity index (χ3v) is 4.70. The molecule has 0 saturated heterocycles. The number of aromatic nitrogens is 1. The Morgan fingerprint density at radius 1 is 1.23 bits per heavy atom. The van der Waals surface area contributed by atoms with Gasteiger partial charge in [-0.05, 0) is 30.5 Å². The molecule has 0 unspecified atom stereocenters. The molecule has 0 bridgehead atoms. The van der Waals surface area contributed by atoms with Crippen molar-refractivity contribution >= 4 is 52.9 Å². The van der Waals surface area contributed by atoms with E-state index in [1.54, 1.807) is 18.4 Å². The summed E-state index contributed by atoms with van der Waals surface area (Å²) in [5.41, 5.74) is 2.01. The molecule has 1 heterocycles. The smallest absolute Gasteiger partial charge is 0.221 e. The number of aryl methyl sites for hydroxylation is 1. The summed E-state index contributed by atoms with van der Waals surface area (Å²) in [4.78, 5) is 20.9. The minimum absolute atomic E-state index is 0. The number of carbonyl (C=O) groups is 1. The number of hydrogen-bond acceptors (Lipinski definition) is 4. The Hall–Kier alpha value is -1.68. The molecule has 0 aliphatic carbocycles. The lowest BCUT2D eigenvalue weighted by molar-refractivity contribution is -0.114. The Labute approximate surface area is 175 Å². The highest BCUT2D eigenvalue weighted by molar-refractivity contribution is 14.0. The summed E-state index contributed by atoms with van der Waals surface area (Å²) in [6, 6.07) is 7.87. The first kappa shape index (κ1) is 22.4. The fraction of sp³-hybridized carbons (Fsp3) is 0.389. The Bertz CT molecular complexity index is 715. The molecule has 6 nitrogen and oxygen atoms in total. The van der Waals surface area contributed by atoms with Gasteiger partial charge in [0.1, 0.15) is 5.01 Å². The Kier molecular flexibility index (Phi) is 10.2. The average Bonchev–Trinajstić information content (AvgIpc) is 3.07. The molecular formula is C18H26IN5OS. The fourth-order valence-corrected chi connectivity index (χ4v) is 3.06. The topological polar surface area (TPSA) is 78.4 Å². The van der Waals surface area contributed by atoms with Gasteiger partial charge in [0.25, 0.3) is 0 Å². The maximum absolute atomic E-state index is 11.0. The van der Waals surface area contributed by atoms with Gasteiger partial charge in [-0.25, -0.2) is 4.98 Å². The molecule has 1 aromatic carbocycles. The van der Waals surface area contributed by atoms with E-state index in [0.717, 1.165) is 36.0 Å². The molecule has 0 radical (unpaired) electrons. The van der Waals surface area contributed by atoms with Crippen LogP contribution in [0.2, 0.25) is 0 Å². The molecule has 1 amide bonds. The summed E-state index contributed by atoms with van der Waals surface area (Å²) in [6.07, 6.45) is 3.83. The molecule has 0 fully saturated rings. The summed E-state index contributed by atoms with van der Waals surface area (Å²) < 4.78 is 0. The molecule has 0 aliphatic rings. The van der Waals surface area contributed by atoms with Gasteiger partial charge in [-0.15, -0.1) is 35.3 Å². The Balaban J connectivity index is 0.00000338. The van der Waals surface area contributed by atoms with Crippen LogP contribution in [0.4, 0.5) is 5.69 Å². The van der Waals surface area contributed by atoms with Crippen LogP contribution in [-0.4, -0.2) is 30.4 Å². The maximum Gasteiger partial charge on any atom is 0.221 e. The summed E-state index contributed by atoms with van der Waals surface area (Å²) in [6.45, 7) is 5.09. The fourth-order valence-electron chi connectivity index (χ4n) is 2.26. The predicted molar refractivity (Wildman–Crippen MR) is 120 cm³/mol. The molecule has 2 aromatic rings. The van der Waals surface area contributed by atoms with Crippen LogP contribution < -0.4 is 16.0 Å². The average molecular weight is 487 g/mol. The highest BCUT2D eigenvalue weighted by Crippen LogP contribution is 2.12. The number of benzene rings is 1. The van der Waals surface area contributed by atoms with Crippen molar-refractivity contribution in [2.75, 3.05) is 18.9 Å². The molecule has 0 atom stereocenters. The van der Waals surface area contributed by atoms with E-state index < -0.39 is 0 Å². The van der Waals surface area contributed by atoms with Crippen molar-refractivity contribution in [3.8, 4) is 0 Å². The predicted octanol–water partition coefficient (Wildman–Crippen LogP) is 3.19. The summed E-state index contributed by atoms with van der Waals surface area (Å²) in [5.74, 6) is 0.707. The van der Waals surface area contributed by atoms with Crippen molar-refractivity contribution < 1.29 is 4.79 Å². The lowest BCUT2D eigenvalue weighted by Crippen LogP contribution is -2.37. The van der Waals surface area contributed by atoms with Gasteiger partial charge in [-0.2, -0.15) is 0 Å². The van der Waals surface area contributed by atoms with Crippen LogP contribution in [0.25, 0.3) is 0 Å². The lowest BCUT2D eigenvalue weighted by atomic mass is 10.1. The quantitative estimate of drug-likeness (QED) is 0.319. The number of nitrogens with zero attached hydrogens (tertiary/aromatic N) is 2. The largest absolute Gasteiger partial charge is 0.356 e. The first-order chi connectivity index (χ1) is 12.1. The maximum atomic E-state index is 11.0. The molecule has 2 rings (SSSR count). The number of anilines is 1. The molecule has 0 spiro atoms. The van der Waals surface area contributed by atoms with E-state index in [1.807, 2.05) is 30.5 Å². The zero-order valence-corrected chi connectivity index (χ0v) is 18.5. The van der Waals surface area contributed by atoms with E-state index in [0.29, 0.717) is 6.54 Å². The molecular weight excluding hydrogens is 461 g/mol. The number of aliphatic imine (C=N–C) groups is 1. The highest BCUT2D eigenvalue weighted by Gasteiger charge is 2.03. The summed E-state index contributed by atoms with van der Waals surface area (Å²) in [5, 5.41) is 10.4. The van der Waals surface area contributed by atoms with Crippen LogP contribution in [0, 0.1) is 0 Å². The van der Waals surface area contributed by atoms with Crippen LogP contribution >= 0.6 is 35.3 Å². The Morgan fingerprint density at radius 2 is 1.96 bits per heavy atom. The van der Waals surface area contributed by atoms with Gasteiger partial charge in [-0.3, -0.25) is 9.79 Å². The molecule has 8 heteroatoms. The SMILES string of the molecule is CCc1cnc(CNC(=NC)NCCc2ccc(NC(C)=O)cc2)s1.I. The molecule has 142 valence electrons. The van der Waals surface area contributed by atoms with Gasteiger partial charge < -0.3 is 16.0 Å². The number of nitrogens with one attached hydrogen (secondary N) is 3. The van der Waals surface area contributed by atoms with Crippen molar-refractivity contribution in [3.63, 3.8) is 0 Å². The van der Waals surface area contributed by atoms with E-state index >= 15 is 0 Å². The molecule has 1 aromatic heterocycles. The zero-order chi connectivity index (χ0) is 18.1. The molecule has 0 saturated carbocycles. The molecule has 26 heavy (non-hydrogen) atoms. The minimum Gasteiger partial charge on any atom is -0.356 e. The van der Waals surface area contributed by atoms with Crippen molar-refractivity contribution in [3.05, 3.63) is 45.9 Å². The standard InChI is InChI=1S/C18H25N5OS.HI/c1-4-16-11-21-17(25-16)12-22-18(19-3)20-10-9-14-5-7-15(8-6-14)23-13(2)24;/h5-8,11H,4,9-10,12H2,1-3H3,(H,23,24)(H2,19,20,22);1H. The van der Waals surface area contributed by atoms with Gasteiger partial charge in [-0.1, -0.05) is 19.1 Å². The number of hydrogen-bond donors (Lipinski definition) is 3. The van der Waals surface area contributed by atoms with Crippen molar-refractivity contribution in [1.29, 1.82) is 0 Å². The van der Waals surface area contributed by atoms with Gasteiger partial charge in [0.2, 0.25) is 5.91 Å². The number of halogens is 1. The van der Waals surface area contributed by atoms with E-state index in [-0.39, 0.29) is 29.9 Å². The van der Waals surface area contributed by atoms with Gasteiger partial charge in [0, 0.05) is 37.3 Å². The second-order valence-electron chi connectivity index (χ2n) is 5.55. The first-order valence-electron chi connectivity index (χ1n) is 8.35. The Morgan fingerprint density at radius 3 is 2.54 bits per heavy atom. The van der Waals surface area contributed by atoms with Crippen molar-refractivity contribution in [1.82, 2.24) is 15.6 Å². The van der Waals surface area contributed by atoms with Crippen LogP contribution in [0.1, 0.15) is 29.3 Å². The second-order valence-corrected chi connectivity index (χ2v) is 6.75. The van der Waals surface area contributed by atoms with Crippen LogP contribution in [-0.2, 0) is 24.2 Å². The van der Waals surface area contributed by atoms with E-state index in [9.17, 15) is 4.79 Å². The van der Waals surface area contributed by atoms with Crippen LogP contribution in [0.15, 0.2) is 35.5 Å². The van der Waals surface area contributed by atoms with Crippen molar-refractivity contribution in [2.45, 2.75) is 33.2 Å². The summed E-state index contributed by atoms with van der Waals surface area (Å²) in [7, 11) is 1.76. The monoisotopic (exact) mass is 487 g/mol. The van der Waals surface area contributed by atoms with E-state index in [1.165, 1.54) is 17.4 Å². The molecule has 3 N–H and O–H groups in total. The highest BCUT2D eigenvalue weighted by atomic mass is 127. The number of thiazole rings is 1. The van der Waals surface area contributed by atoms with Crippen molar-refractivity contribution in [2.24, 2.45) is 4.99 Å². The first-order valence-corrected chi connectivity index (χ1v) is 9.17. The minimum atomic E-state index is -0.0596. The second kappa shape index (κ2) is 11.8. The van der Waals surface area contributed by atoms with E-state index in [2.05, 4.69) is 32.9 Å². The van der Waals surface area contributed by atoms with Crippen LogP contribution in [0.5, 0.6) is 0 Å². The van der Waals surface area contributed by atoms with Gasteiger partial charge in [0.05, 0.1) is 6.54 Å².